The summed E-state index contributed by atoms with van der Waals surface area (Å²) in [5, 5.41) is 3.22. The molecule has 1 aliphatic rings. The van der Waals surface area contributed by atoms with Gasteiger partial charge in [0.05, 0.1) is 13.2 Å². The Morgan fingerprint density at radius 2 is 2.10 bits per heavy atom. The number of rotatable bonds is 4. The van der Waals surface area contributed by atoms with E-state index >= 15 is 0 Å². The third kappa shape index (κ3) is 3.27. The van der Waals surface area contributed by atoms with Crippen LogP contribution in [0.1, 0.15) is 16.7 Å². The van der Waals surface area contributed by atoms with Crippen LogP contribution >= 0.6 is 11.8 Å². The van der Waals surface area contributed by atoms with Crippen molar-refractivity contribution in [3.05, 3.63) is 28.8 Å². The van der Waals surface area contributed by atoms with Gasteiger partial charge in [0, 0.05) is 25.2 Å². The van der Waals surface area contributed by atoms with Crippen molar-refractivity contribution in [2.24, 2.45) is 0 Å². The highest BCUT2D eigenvalue weighted by Gasteiger charge is 2.25. The zero-order chi connectivity index (χ0) is 14.7. The summed E-state index contributed by atoms with van der Waals surface area (Å²) in [6.45, 7) is 4.70. The van der Waals surface area contributed by atoms with Crippen LogP contribution in [-0.2, 0) is 11.3 Å². The molecule has 0 saturated carbocycles. The number of carbonyl (C=O) groups is 1. The van der Waals surface area contributed by atoms with E-state index in [9.17, 15) is 4.79 Å². The molecule has 1 heterocycles. The first-order valence-corrected chi connectivity index (χ1v) is 7.88. The zero-order valence-corrected chi connectivity index (χ0v) is 13.3. The zero-order valence-electron chi connectivity index (χ0n) is 12.5. The molecular weight excluding hydrogens is 272 g/mol. The summed E-state index contributed by atoms with van der Waals surface area (Å²) in [5.41, 5.74) is 3.36. The molecule has 0 bridgehead atoms. The topological polar surface area (TPSA) is 41.6 Å². The molecule has 0 aromatic heterocycles. The van der Waals surface area contributed by atoms with Crippen LogP contribution in [0.15, 0.2) is 12.1 Å². The Morgan fingerprint density at radius 1 is 1.45 bits per heavy atom. The van der Waals surface area contributed by atoms with Gasteiger partial charge in [0.2, 0.25) is 5.91 Å². The third-order valence-corrected chi connectivity index (χ3v) is 4.47. The molecule has 1 atom stereocenters. The number of benzene rings is 1. The van der Waals surface area contributed by atoms with Gasteiger partial charge in [-0.1, -0.05) is 12.1 Å². The molecular formula is C15H22N2O2S. The number of hydrogen-bond donors (Lipinski definition) is 1. The van der Waals surface area contributed by atoms with Crippen molar-refractivity contribution in [2.45, 2.75) is 26.4 Å². The van der Waals surface area contributed by atoms with Crippen molar-refractivity contribution in [3.63, 3.8) is 0 Å². The minimum Gasteiger partial charge on any atom is -0.496 e. The van der Waals surface area contributed by atoms with E-state index in [0.717, 1.165) is 34.1 Å². The lowest BCUT2D eigenvalue weighted by Gasteiger charge is -2.22. The number of amides is 1. The van der Waals surface area contributed by atoms with E-state index in [1.54, 1.807) is 23.8 Å². The number of methoxy groups -OCH3 is 1. The lowest BCUT2D eigenvalue weighted by molar-refractivity contribution is -0.131. The van der Waals surface area contributed by atoms with Crippen molar-refractivity contribution < 1.29 is 9.53 Å². The summed E-state index contributed by atoms with van der Waals surface area (Å²) >= 11 is 1.77. The molecule has 0 spiro atoms. The van der Waals surface area contributed by atoms with Crippen LogP contribution in [0, 0.1) is 13.8 Å². The second kappa shape index (κ2) is 6.50. The summed E-state index contributed by atoms with van der Waals surface area (Å²) in [5.74, 6) is 2.83. The Morgan fingerprint density at radius 3 is 2.60 bits per heavy atom. The predicted octanol–water partition coefficient (Wildman–Crippen LogP) is 1.93. The molecule has 1 aromatic rings. The first-order valence-electron chi connectivity index (χ1n) is 6.73. The number of aryl methyl sites for hydroxylation is 2. The second-order valence-corrected chi connectivity index (χ2v) is 6.26. The van der Waals surface area contributed by atoms with E-state index in [0.29, 0.717) is 6.54 Å². The van der Waals surface area contributed by atoms with Gasteiger partial charge in [-0.15, -0.1) is 11.8 Å². The molecule has 1 unspecified atom stereocenters. The van der Waals surface area contributed by atoms with Gasteiger partial charge in [-0.2, -0.15) is 0 Å². The Balaban J connectivity index is 2.07. The molecule has 1 amide bonds. The summed E-state index contributed by atoms with van der Waals surface area (Å²) in [6, 6.07) is 4.14. The fourth-order valence-electron chi connectivity index (χ4n) is 2.62. The van der Waals surface area contributed by atoms with Crippen LogP contribution < -0.4 is 10.1 Å². The Bertz CT molecular complexity index is 476. The monoisotopic (exact) mass is 294 g/mol. The van der Waals surface area contributed by atoms with E-state index in [2.05, 4.69) is 17.4 Å². The van der Waals surface area contributed by atoms with Crippen molar-refractivity contribution >= 4 is 17.7 Å². The number of nitrogens with one attached hydrogen (secondary N) is 1. The average Bonchev–Trinajstić information content (AvgIpc) is 2.91. The molecule has 20 heavy (non-hydrogen) atoms. The lowest BCUT2D eigenvalue weighted by atomic mass is 10.1. The number of hydrogen-bond acceptors (Lipinski definition) is 4. The standard InChI is InChI=1S/C15H22N2O2S/c1-10-5-12(6-11(2)14(10)19-4)7-17(3)15(18)13-8-20-9-16-13/h5-6,13,16H,7-9H2,1-4H3. The molecule has 1 fully saturated rings. The quantitative estimate of drug-likeness (QED) is 0.921. The van der Waals surface area contributed by atoms with Gasteiger partial charge in [-0.05, 0) is 30.5 Å². The van der Waals surface area contributed by atoms with Gasteiger partial charge in [0.1, 0.15) is 5.75 Å². The maximum absolute atomic E-state index is 12.3. The van der Waals surface area contributed by atoms with E-state index in [1.165, 1.54) is 0 Å². The summed E-state index contributed by atoms with van der Waals surface area (Å²) in [6.07, 6.45) is 0. The molecule has 4 nitrogen and oxygen atoms in total. The molecule has 110 valence electrons. The lowest BCUT2D eigenvalue weighted by Crippen LogP contribution is -2.42. The molecule has 1 aromatic carbocycles. The first kappa shape index (κ1) is 15.2. The van der Waals surface area contributed by atoms with Crippen LogP contribution in [0.2, 0.25) is 0 Å². The molecule has 5 heteroatoms. The highest BCUT2D eigenvalue weighted by Crippen LogP contribution is 2.25. The molecule has 1 saturated heterocycles. The van der Waals surface area contributed by atoms with Gasteiger partial charge in [-0.25, -0.2) is 0 Å². The van der Waals surface area contributed by atoms with Crippen LogP contribution in [0.25, 0.3) is 0 Å². The summed E-state index contributed by atoms with van der Waals surface area (Å²) in [7, 11) is 3.55. The fourth-order valence-corrected chi connectivity index (χ4v) is 3.56. The van der Waals surface area contributed by atoms with Gasteiger partial charge < -0.3 is 9.64 Å². The fraction of sp³-hybridized carbons (Fsp3) is 0.533. The number of likely N-dealkylation sites (N-methyl/N-ethyl adjacent to an activating group) is 1. The Labute approximate surface area is 124 Å². The van der Waals surface area contributed by atoms with E-state index in [4.69, 9.17) is 4.74 Å². The van der Waals surface area contributed by atoms with Crippen LogP contribution in [0.4, 0.5) is 0 Å². The summed E-state index contributed by atoms with van der Waals surface area (Å²) < 4.78 is 5.37. The predicted molar refractivity (Wildman–Crippen MR) is 83.2 cm³/mol. The second-order valence-electron chi connectivity index (χ2n) is 5.23. The highest BCUT2D eigenvalue weighted by atomic mass is 32.2. The molecule has 1 aliphatic heterocycles. The minimum absolute atomic E-state index is 0.0366. The van der Waals surface area contributed by atoms with Crippen molar-refractivity contribution in [1.29, 1.82) is 0 Å². The summed E-state index contributed by atoms with van der Waals surface area (Å²) in [4.78, 5) is 14.1. The molecule has 1 N–H and O–H groups in total. The van der Waals surface area contributed by atoms with Crippen LogP contribution in [0.5, 0.6) is 5.75 Å². The van der Waals surface area contributed by atoms with Crippen molar-refractivity contribution in [2.75, 3.05) is 25.8 Å². The van der Waals surface area contributed by atoms with Crippen LogP contribution in [-0.4, -0.2) is 42.6 Å². The smallest absolute Gasteiger partial charge is 0.240 e. The minimum atomic E-state index is -0.0366. The maximum atomic E-state index is 12.3. The number of ether oxygens (including phenoxy) is 1. The van der Waals surface area contributed by atoms with Crippen molar-refractivity contribution in [1.82, 2.24) is 10.2 Å². The molecule has 0 aliphatic carbocycles. The van der Waals surface area contributed by atoms with Crippen LogP contribution in [0.3, 0.4) is 0 Å². The highest BCUT2D eigenvalue weighted by molar-refractivity contribution is 7.99. The first-order chi connectivity index (χ1) is 9.52. The van der Waals surface area contributed by atoms with Gasteiger partial charge in [0.15, 0.2) is 0 Å². The average molecular weight is 294 g/mol. The molecule has 0 radical (unpaired) electrons. The maximum Gasteiger partial charge on any atom is 0.240 e. The Hall–Kier alpha value is -1.20. The molecule has 2 rings (SSSR count). The largest absolute Gasteiger partial charge is 0.496 e. The number of nitrogens with zero attached hydrogens (tertiary/aromatic N) is 1. The SMILES string of the molecule is COc1c(C)cc(CN(C)C(=O)C2CSCN2)cc1C. The number of carbonyl (C=O) groups excluding carboxylic acids is 1. The third-order valence-electron chi connectivity index (χ3n) is 3.53. The normalized spacial score (nSPS) is 18.1. The van der Waals surface area contributed by atoms with Gasteiger partial charge in [0.25, 0.3) is 0 Å². The van der Waals surface area contributed by atoms with Crippen molar-refractivity contribution in [3.8, 4) is 5.75 Å². The Kier molecular flexibility index (Phi) is 4.94. The van der Waals surface area contributed by atoms with E-state index < -0.39 is 0 Å². The van der Waals surface area contributed by atoms with Gasteiger partial charge >= 0.3 is 0 Å². The van der Waals surface area contributed by atoms with E-state index in [1.807, 2.05) is 20.9 Å². The van der Waals surface area contributed by atoms with E-state index in [-0.39, 0.29) is 11.9 Å². The number of thioether (sulfide) groups is 1. The van der Waals surface area contributed by atoms with Gasteiger partial charge in [-0.3, -0.25) is 10.1 Å².